The number of hydrogen-bond donors (Lipinski definition) is 2. The van der Waals surface area contributed by atoms with Crippen molar-refractivity contribution in [2.45, 2.75) is 35.8 Å². The van der Waals surface area contributed by atoms with Crippen molar-refractivity contribution in [2.75, 3.05) is 27.8 Å². The summed E-state index contributed by atoms with van der Waals surface area (Å²) in [5.74, 6) is -1.35. The van der Waals surface area contributed by atoms with E-state index in [9.17, 15) is 40.0 Å². The summed E-state index contributed by atoms with van der Waals surface area (Å²) in [4.78, 5) is 51.0. The standard InChI is InChI=1S/2C24H19NO8/c2*1-30-16-8-6-14(7-9-16)22-17-10-20-21(32-13-31-20)11-19(17)33-23(27)24(22,25(28)29)12-15-4-2-3-5-18(15)26/h2*2-11,22,26H,12-13H2,1H3/t2*22-,24+/m11/s1. The van der Waals surface area contributed by atoms with Gasteiger partial charge in [0.2, 0.25) is 13.6 Å². The Morgan fingerprint density at radius 3 is 1.23 bits per heavy atom. The second kappa shape index (κ2) is 16.9. The van der Waals surface area contributed by atoms with E-state index in [0.29, 0.717) is 56.8 Å². The molecule has 336 valence electrons. The van der Waals surface area contributed by atoms with Crippen molar-refractivity contribution < 1.29 is 67.5 Å². The number of para-hydroxylation sites is 2. The van der Waals surface area contributed by atoms with Crippen LogP contribution in [0.3, 0.4) is 0 Å². The third-order valence-electron chi connectivity index (χ3n) is 12.2. The lowest BCUT2D eigenvalue weighted by Crippen LogP contribution is -2.57. The van der Waals surface area contributed by atoms with E-state index in [2.05, 4.69) is 0 Å². The van der Waals surface area contributed by atoms with Gasteiger partial charge in [0.05, 0.1) is 38.9 Å². The van der Waals surface area contributed by atoms with E-state index in [1.165, 1.54) is 38.5 Å². The first-order chi connectivity index (χ1) is 31.9. The minimum atomic E-state index is -2.24. The summed E-state index contributed by atoms with van der Waals surface area (Å²) < 4.78 is 43.2. The normalized spacial score (nSPS) is 20.6. The summed E-state index contributed by atoms with van der Waals surface area (Å²) in [5, 5.41) is 46.1. The number of carbonyl (C=O) groups excluding carboxylic acids is 2. The zero-order valence-corrected chi connectivity index (χ0v) is 35.0. The molecule has 0 unspecified atom stereocenters. The van der Waals surface area contributed by atoms with Crippen molar-refractivity contribution in [3.63, 3.8) is 0 Å². The number of phenols is 2. The van der Waals surface area contributed by atoms with E-state index >= 15 is 0 Å². The maximum atomic E-state index is 13.4. The Bertz CT molecular complexity index is 2710. The van der Waals surface area contributed by atoms with Crippen molar-refractivity contribution in [1.29, 1.82) is 0 Å². The van der Waals surface area contributed by atoms with Crippen molar-refractivity contribution >= 4 is 11.9 Å². The lowest BCUT2D eigenvalue weighted by molar-refractivity contribution is -0.558. The van der Waals surface area contributed by atoms with Gasteiger partial charge in [0.15, 0.2) is 23.0 Å². The van der Waals surface area contributed by atoms with Crippen LogP contribution in [0.15, 0.2) is 121 Å². The molecular weight excluding hydrogens is 861 g/mol. The summed E-state index contributed by atoms with van der Waals surface area (Å²) in [6.45, 7) is -0.00468. The number of phenolic OH excluding ortho intramolecular Hbond substituents is 2. The summed E-state index contributed by atoms with van der Waals surface area (Å²) >= 11 is 0. The van der Waals surface area contributed by atoms with Crippen LogP contribution in [0, 0.1) is 20.2 Å². The molecule has 4 aliphatic rings. The summed E-state index contributed by atoms with van der Waals surface area (Å²) in [5.41, 5.74) is -2.11. The van der Waals surface area contributed by atoms with Gasteiger partial charge in [-0.15, -0.1) is 0 Å². The predicted octanol–water partition coefficient (Wildman–Crippen LogP) is 6.88. The van der Waals surface area contributed by atoms with Gasteiger partial charge in [-0.3, -0.25) is 20.2 Å². The molecule has 18 heteroatoms. The average molecular weight is 899 g/mol. The molecule has 10 rings (SSSR count). The number of hydrogen-bond acceptors (Lipinski definition) is 16. The zero-order chi connectivity index (χ0) is 46.3. The molecule has 0 bridgehead atoms. The third-order valence-corrected chi connectivity index (χ3v) is 12.2. The fourth-order valence-corrected chi connectivity index (χ4v) is 8.87. The van der Waals surface area contributed by atoms with Crippen molar-refractivity contribution in [3.05, 3.63) is 175 Å². The molecule has 0 aromatic heterocycles. The van der Waals surface area contributed by atoms with Crippen LogP contribution < -0.4 is 37.9 Å². The largest absolute Gasteiger partial charge is 0.508 e. The van der Waals surface area contributed by atoms with Gasteiger partial charge in [0.1, 0.15) is 34.5 Å². The molecule has 0 radical (unpaired) electrons. The molecule has 0 amide bonds. The molecule has 0 fully saturated rings. The Hall–Kier alpha value is -8.54. The van der Waals surface area contributed by atoms with Crippen LogP contribution in [0.4, 0.5) is 0 Å². The summed E-state index contributed by atoms with van der Waals surface area (Å²) in [6, 6.07) is 32.1. The second-order valence-corrected chi connectivity index (χ2v) is 15.7. The highest BCUT2D eigenvalue weighted by molar-refractivity contribution is 5.89. The molecule has 18 nitrogen and oxygen atoms in total. The fraction of sp³-hybridized carbons (Fsp3) is 0.208. The maximum absolute atomic E-state index is 13.4. The van der Waals surface area contributed by atoms with Crippen molar-refractivity contribution in [1.82, 2.24) is 0 Å². The lowest BCUT2D eigenvalue weighted by Gasteiger charge is -2.36. The first-order valence-corrected chi connectivity index (χ1v) is 20.3. The quantitative estimate of drug-likeness (QED) is 0.0617. The zero-order valence-electron chi connectivity index (χ0n) is 35.0. The lowest BCUT2D eigenvalue weighted by atomic mass is 9.70. The first kappa shape index (κ1) is 42.7. The number of rotatable bonds is 10. The van der Waals surface area contributed by atoms with Gasteiger partial charge < -0.3 is 48.1 Å². The highest BCUT2D eigenvalue weighted by Crippen LogP contribution is 2.54. The van der Waals surface area contributed by atoms with E-state index in [4.69, 9.17) is 37.9 Å². The molecule has 0 saturated heterocycles. The number of carbonyl (C=O) groups is 2. The Labute approximate surface area is 374 Å². The SMILES string of the molecule is COc1ccc([C@@H]2c3cc4c(cc3OC(=O)[C@@]2(Cc2ccccc2O)[N+](=O)[O-])OCO4)cc1.COc1ccc([C@@H]2c3cc4c(cc3OC(=O)[C@@]2(Cc2ccccc2O)[N+](=O)[O-])OCO4)cc1. The first-order valence-electron chi connectivity index (χ1n) is 20.3. The van der Waals surface area contributed by atoms with Gasteiger partial charge in [0.25, 0.3) is 0 Å². The number of benzene rings is 6. The van der Waals surface area contributed by atoms with E-state index in [0.717, 1.165) is 0 Å². The van der Waals surface area contributed by atoms with Crippen LogP contribution in [-0.4, -0.2) is 70.9 Å². The molecule has 6 aromatic rings. The van der Waals surface area contributed by atoms with Crippen LogP contribution >= 0.6 is 0 Å². The topological polar surface area (TPSA) is 235 Å². The molecule has 2 N–H and O–H groups in total. The average Bonchev–Trinajstić information content (AvgIpc) is 3.98. The van der Waals surface area contributed by atoms with Gasteiger partial charge in [0, 0.05) is 44.2 Å². The van der Waals surface area contributed by atoms with Crippen LogP contribution in [-0.2, 0) is 22.4 Å². The molecule has 4 atom stereocenters. The third kappa shape index (κ3) is 7.17. The maximum Gasteiger partial charge on any atom is 0.391 e. The van der Waals surface area contributed by atoms with Gasteiger partial charge in [-0.05, 0) is 59.7 Å². The number of aromatic hydroxyl groups is 2. The number of methoxy groups -OCH3 is 2. The molecule has 4 heterocycles. The van der Waals surface area contributed by atoms with E-state index in [-0.39, 0.29) is 60.6 Å². The van der Waals surface area contributed by atoms with Gasteiger partial charge in [-0.1, -0.05) is 60.7 Å². The molecule has 0 spiro atoms. The Morgan fingerprint density at radius 2 is 0.894 bits per heavy atom. The van der Waals surface area contributed by atoms with Crippen LogP contribution in [0.2, 0.25) is 0 Å². The van der Waals surface area contributed by atoms with E-state index in [1.54, 1.807) is 97.1 Å². The van der Waals surface area contributed by atoms with Gasteiger partial charge in [-0.25, -0.2) is 9.59 Å². The van der Waals surface area contributed by atoms with E-state index < -0.39 is 44.7 Å². The Kier molecular flexibility index (Phi) is 10.9. The monoisotopic (exact) mass is 898 g/mol. The summed E-state index contributed by atoms with van der Waals surface area (Å²) in [7, 11) is 3.03. The van der Waals surface area contributed by atoms with Crippen molar-refractivity contribution in [2.24, 2.45) is 0 Å². The van der Waals surface area contributed by atoms with Crippen LogP contribution in [0.5, 0.6) is 57.5 Å². The number of nitro groups is 2. The minimum Gasteiger partial charge on any atom is -0.508 e. The smallest absolute Gasteiger partial charge is 0.391 e. The number of ether oxygens (including phenoxy) is 8. The molecule has 66 heavy (non-hydrogen) atoms. The molecule has 0 saturated carbocycles. The second-order valence-electron chi connectivity index (χ2n) is 15.7. The number of esters is 2. The molecule has 4 aliphatic heterocycles. The number of nitrogens with zero attached hydrogens (tertiary/aromatic N) is 2. The molecule has 0 aliphatic carbocycles. The van der Waals surface area contributed by atoms with Crippen LogP contribution in [0.1, 0.15) is 45.2 Å². The predicted molar refractivity (Wildman–Crippen MR) is 229 cm³/mol. The Morgan fingerprint density at radius 1 is 0.545 bits per heavy atom. The van der Waals surface area contributed by atoms with Crippen molar-refractivity contribution in [3.8, 4) is 57.5 Å². The van der Waals surface area contributed by atoms with Gasteiger partial charge >= 0.3 is 23.0 Å². The van der Waals surface area contributed by atoms with Crippen LogP contribution in [0.25, 0.3) is 0 Å². The highest BCUT2D eigenvalue weighted by atomic mass is 16.7. The Balaban J connectivity index is 0.000000166. The minimum absolute atomic E-state index is 0.00234. The molecule has 6 aromatic carbocycles. The number of fused-ring (bicyclic) bond motifs is 4. The summed E-state index contributed by atoms with van der Waals surface area (Å²) in [6.07, 6.45) is -0.758. The highest BCUT2D eigenvalue weighted by Gasteiger charge is 2.65. The molecular formula is C48H38N2O16. The van der Waals surface area contributed by atoms with Gasteiger partial charge in [-0.2, -0.15) is 0 Å². The van der Waals surface area contributed by atoms with E-state index in [1.807, 2.05) is 0 Å². The fourth-order valence-electron chi connectivity index (χ4n) is 8.87.